The fourth-order valence-corrected chi connectivity index (χ4v) is 5.54. The maximum atomic E-state index is 13.1. The van der Waals surface area contributed by atoms with Gasteiger partial charge in [-0.25, -0.2) is 9.78 Å². The van der Waals surface area contributed by atoms with E-state index in [0.29, 0.717) is 26.2 Å². The summed E-state index contributed by atoms with van der Waals surface area (Å²) in [6.45, 7) is 2.13. The Bertz CT molecular complexity index is 1330. The molecule has 0 bridgehead atoms. The van der Waals surface area contributed by atoms with E-state index >= 15 is 0 Å². The predicted molar refractivity (Wildman–Crippen MR) is 137 cm³/mol. The molecule has 6 nitrogen and oxygen atoms in total. The van der Waals surface area contributed by atoms with E-state index in [1.165, 1.54) is 29.8 Å². The lowest BCUT2D eigenvalue weighted by atomic mass is 10.0. The Morgan fingerprint density at radius 1 is 1.18 bits per heavy atom. The summed E-state index contributed by atoms with van der Waals surface area (Å²) in [4.78, 5) is 31.5. The highest BCUT2D eigenvalue weighted by Crippen LogP contribution is 2.38. The number of rotatable bonds is 7. The highest BCUT2D eigenvalue weighted by molar-refractivity contribution is 7.21. The van der Waals surface area contributed by atoms with Gasteiger partial charge in [0.1, 0.15) is 20.3 Å². The van der Waals surface area contributed by atoms with Crippen LogP contribution < -0.4 is 11.1 Å². The summed E-state index contributed by atoms with van der Waals surface area (Å²) in [5.41, 5.74) is 9.40. The third-order valence-corrected chi connectivity index (χ3v) is 7.47. The molecule has 0 unspecified atom stereocenters. The highest BCUT2D eigenvalue weighted by Gasteiger charge is 2.25. The third kappa shape index (κ3) is 4.73. The molecule has 4 rings (SSSR count). The number of aromatic nitrogens is 1. The number of hydrogen-bond acceptors (Lipinski definition) is 7. The van der Waals surface area contributed by atoms with Crippen LogP contribution in [0.1, 0.15) is 45.5 Å². The minimum absolute atomic E-state index is 0.290. The third-order valence-electron chi connectivity index (χ3n) is 5.21. The van der Waals surface area contributed by atoms with Gasteiger partial charge in [0.15, 0.2) is 0 Å². The van der Waals surface area contributed by atoms with Gasteiger partial charge in [0.05, 0.1) is 12.8 Å². The number of halogens is 1. The number of aryl methyl sites for hydroxylation is 1. The van der Waals surface area contributed by atoms with Gasteiger partial charge in [-0.3, -0.25) is 4.79 Å². The van der Waals surface area contributed by atoms with Gasteiger partial charge < -0.3 is 15.8 Å². The summed E-state index contributed by atoms with van der Waals surface area (Å²) in [6, 6.07) is 11.0. The van der Waals surface area contributed by atoms with Crippen LogP contribution in [-0.2, 0) is 11.2 Å². The molecule has 0 spiro atoms. The number of unbranched alkanes of at least 4 members (excludes halogenated alkanes) is 1. The normalized spacial score (nSPS) is 11.0. The van der Waals surface area contributed by atoms with Crippen LogP contribution in [0, 0.1) is 0 Å². The van der Waals surface area contributed by atoms with Crippen molar-refractivity contribution in [2.24, 2.45) is 0 Å². The van der Waals surface area contributed by atoms with Gasteiger partial charge in [-0.1, -0.05) is 37.1 Å². The number of nitrogens with two attached hydrogens (primary N) is 1. The molecular weight excluding hydrogens is 478 g/mol. The molecule has 0 aliphatic carbocycles. The van der Waals surface area contributed by atoms with Crippen molar-refractivity contribution < 1.29 is 14.3 Å². The Morgan fingerprint density at radius 3 is 2.64 bits per heavy atom. The lowest BCUT2D eigenvalue weighted by Gasteiger charge is -2.07. The molecule has 0 fully saturated rings. The van der Waals surface area contributed by atoms with E-state index in [1.807, 2.05) is 24.3 Å². The average Bonchev–Trinajstić information content (AvgIpc) is 3.38. The lowest BCUT2D eigenvalue weighted by molar-refractivity contribution is 0.0603. The van der Waals surface area contributed by atoms with E-state index < -0.39 is 5.97 Å². The van der Waals surface area contributed by atoms with E-state index in [0.717, 1.165) is 40.7 Å². The molecule has 3 aromatic heterocycles. The van der Waals surface area contributed by atoms with Crippen molar-refractivity contribution >= 4 is 67.1 Å². The molecule has 4 aromatic rings. The zero-order valence-corrected chi connectivity index (χ0v) is 20.5. The number of nitrogens with one attached hydrogen (secondary N) is 1. The van der Waals surface area contributed by atoms with E-state index in [9.17, 15) is 9.59 Å². The Morgan fingerprint density at radius 2 is 1.94 bits per heavy atom. The molecule has 170 valence electrons. The van der Waals surface area contributed by atoms with E-state index in [-0.39, 0.29) is 11.5 Å². The van der Waals surface area contributed by atoms with Crippen molar-refractivity contribution in [3.05, 3.63) is 62.9 Å². The largest absolute Gasteiger partial charge is 0.465 e. The summed E-state index contributed by atoms with van der Waals surface area (Å²) in [5, 5.41) is 6.40. The van der Waals surface area contributed by atoms with Crippen LogP contribution in [0.4, 0.5) is 10.7 Å². The number of nitrogen functional groups attached to an aromatic ring is 1. The van der Waals surface area contributed by atoms with Crippen LogP contribution in [0.2, 0.25) is 5.02 Å². The molecule has 0 saturated carbocycles. The van der Waals surface area contributed by atoms with Crippen LogP contribution in [-0.4, -0.2) is 24.0 Å². The second-order valence-corrected chi connectivity index (χ2v) is 9.72. The Kier molecular flexibility index (Phi) is 6.97. The number of amides is 1. The number of carbonyl (C=O) groups is 2. The zero-order chi connectivity index (χ0) is 23.5. The van der Waals surface area contributed by atoms with Crippen LogP contribution in [0.5, 0.6) is 0 Å². The van der Waals surface area contributed by atoms with E-state index in [1.54, 1.807) is 17.5 Å². The van der Waals surface area contributed by atoms with Crippen LogP contribution in [0.3, 0.4) is 0 Å². The van der Waals surface area contributed by atoms with Gasteiger partial charge in [-0.2, -0.15) is 0 Å². The molecule has 3 N–H and O–H groups in total. The smallest absolute Gasteiger partial charge is 0.341 e. The first kappa shape index (κ1) is 23.2. The van der Waals surface area contributed by atoms with Crippen LogP contribution in [0.15, 0.2) is 41.8 Å². The Labute approximate surface area is 204 Å². The van der Waals surface area contributed by atoms with Crippen LogP contribution in [0.25, 0.3) is 21.3 Å². The first-order valence-corrected chi connectivity index (χ1v) is 12.4. The minimum atomic E-state index is -0.539. The topological polar surface area (TPSA) is 94.3 Å². The first-order chi connectivity index (χ1) is 15.9. The summed E-state index contributed by atoms with van der Waals surface area (Å²) in [7, 11) is 1.31. The molecular formula is C24H22ClN3O3S2. The second-order valence-electron chi connectivity index (χ2n) is 7.41. The fraction of sp³-hybridized carbons (Fsp3) is 0.208. The monoisotopic (exact) mass is 499 g/mol. The number of nitrogens with zero attached hydrogens (tertiary/aromatic N) is 1. The summed E-state index contributed by atoms with van der Waals surface area (Å²) in [5.74, 6) is -0.927. The number of anilines is 2. The number of thiophene rings is 2. The maximum absolute atomic E-state index is 13.1. The lowest BCUT2D eigenvalue weighted by Crippen LogP contribution is -2.14. The number of benzene rings is 1. The number of fused-ring (bicyclic) bond motifs is 1. The Hall–Kier alpha value is -2.94. The van der Waals surface area contributed by atoms with Gasteiger partial charge in [0.2, 0.25) is 0 Å². The number of methoxy groups -OCH3 is 1. The maximum Gasteiger partial charge on any atom is 0.341 e. The van der Waals surface area contributed by atoms with Gasteiger partial charge in [-0.05, 0) is 42.7 Å². The molecule has 9 heteroatoms. The van der Waals surface area contributed by atoms with Gasteiger partial charge in [0.25, 0.3) is 5.91 Å². The number of ether oxygens (including phenoxy) is 1. The molecule has 0 saturated heterocycles. The van der Waals surface area contributed by atoms with E-state index in [2.05, 4.69) is 17.2 Å². The Balaban J connectivity index is 1.67. The van der Waals surface area contributed by atoms with Crippen molar-refractivity contribution in [2.45, 2.75) is 26.2 Å². The second kappa shape index (κ2) is 9.91. The molecule has 33 heavy (non-hydrogen) atoms. The van der Waals surface area contributed by atoms with Gasteiger partial charge >= 0.3 is 5.97 Å². The zero-order valence-electron chi connectivity index (χ0n) is 18.1. The quantitative estimate of drug-likeness (QED) is 0.278. The summed E-state index contributed by atoms with van der Waals surface area (Å²) in [6.07, 6.45) is 3.02. The van der Waals surface area contributed by atoms with Gasteiger partial charge in [0, 0.05) is 27.0 Å². The van der Waals surface area contributed by atoms with Crippen molar-refractivity contribution in [3.8, 4) is 11.1 Å². The van der Waals surface area contributed by atoms with Crippen molar-refractivity contribution in [1.82, 2.24) is 4.98 Å². The van der Waals surface area contributed by atoms with Crippen molar-refractivity contribution in [1.29, 1.82) is 0 Å². The standard InChI is InChI=1S/C24H22ClN3O3S2/c1-3-4-5-15-10-11-16-19(26)20(33-22(16)27-15)21(29)28-23-18(24(30)31-2)17(12-32-23)13-6-8-14(25)9-7-13/h6-12H,3-5,26H2,1-2H3,(H,28,29). The minimum Gasteiger partial charge on any atom is -0.465 e. The summed E-state index contributed by atoms with van der Waals surface area (Å²) < 4.78 is 4.98. The van der Waals surface area contributed by atoms with E-state index in [4.69, 9.17) is 22.1 Å². The molecule has 0 aliphatic rings. The molecule has 1 amide bonds. The first-order valence-electron chi connectivity index (χ1n) is 10.4. The average molecular weight is 500 g/mol. The fourth-order valence-electron chi connectivity index (χ4n) is 3.46. The SMILES string of the molecule is CCCCc1ccc2c(N)c(C(=O)Nc3scc(-c4ccc(Cl)cc4)c3C(=O)OC)sc2n1. The molecule has 0 aliphatic heterocycles. The van der Waals surface area contributed by atoms with Crippen LogP contribution >= 0.6 is 34.3 Å². The molecule has 0 atom stereocenters. The van der Waals surface area contributed by atoms with Gasteiger partial charge in [-0.15, -0.1) is 22.7 Å². The van der Waals surface area contributed by atoms with Crippen molar-refractivity contribution in [3.63, 3.8) is 0 Å². The van der Waals surface area contributed by atoms with Crippen molar-refractivity contribution in [2.75, 3.05) is 18.2 Å². The summed E-state index contributed by atoms with van der Waals surface area (Å²) >= 11 is 8.49. The molecule has 3 heterocycles. The number of pyridine rings is 1. The molecule has 1 aromatic carbocycles. The number of esters is 1. The highest BCUT2D eigenvalue weighted by atomic mass is 35.5. The molecule has 0 radical (unpaired) electrons. The number of carbonyl (C=O) groups excluding carboxylic acids is 2. The number of hydrogen-bond donors (Lipinski definition) is 2. The predicted octanol–water partition coefficient (Wildman–Crippen LogP) is 6.64.